The van der Waals surface area contributed by atoms with Crippen molar-refractivity contribution < 1.29 is 9.84 Å². The van der Waals surface area contributed by atoms with Crippen molar-refractivity contribution in [3.05, 3.63) is 29.8 Å². The Morgan fingerprint density at radius 1 is 1.11 bits per heavy atom. The number of aliphatic hydroxyl groups is 1. The molecule has 0 saturated carbocycles. The van der Waals surface area contributed by atoms with Crippen LogP contribution in [0.3, 0.4) is 0 Å². The van der Waals surface area contributed by atoms with Crippen LogP contribution in [0, 0.1) is 0 Å². The molecule has 0 aliphatic rings. The lowest BCUT2D eigenvalue weighted by molar-refractivity contribution is 0.123. The van der Waals surface area contributed by atoms with Crippen LogP contribution in [0.2, 0.25) is 0 Å². The quantitative estimate of drug-likeness (QED) is 0.791. The molecule has 0 aliphatic heterocycles. The lowest BCUT2D eigenvalue weighted by Crippen LogP contribution is -2.31. The molecule has 1 N–H and O–H groups in total. The van der Waals surface area contributed by atoms with Crippen LogP contribution < -0.4 is 4.74 Å². The normalized spacial score (nSPS) is 13.1. The molecule has 1 atom stereocenters. The van der Waals surface area contributed by atoms with E-state index in [0.717, 1.165) is 24.4 Å². The second-order valence-corrected chi connectivity index (χ2v) is 4.85. The summed E-state index contributed by atoms with van der Waals surface area (Å²) < 4.78 is 5.10. The largest absolute Gasteiger partial charge is 0.497 e. The van der Waals surface area contributed by atoms with Crippen LogP contribution in [0.5, 0.6) is 5.75 Å². The maximum absolute atomic E-state index is 10.1. The van der Waals surface area contributed by atoms with Gasteiger partial charge in [-0.3, -0.25) is 0 Å². The number of hydrogen-bond donors (Lipinski definition) is 1. The van der Waals surface area contributed by atoms with E-state index in [9.17, 15) is 5.11 Å². The summed E-state index contributed by atoms with van der Waals surface area (Å²) in [6, 6.07) is 7.56. The number of nitrogens with zero attached hydrogens (tertiary/aromatic N) is 2. The monoisotopic (exact) mass is 252 g/mol. The minimum absolute atomic E-state index is 0.455. The van der Waals surface area contributed by atoms with Gasteiger partial charge in [-0.1, -0.05) is 12.1 Å². The summed E-state index contributed by atoms with van der Waals surface area (Å²) in [5.41, 5.74) is 0.924. The Balaban J connectivity index is 2.45. The number of benzene rings is 1. The van der Waals surface area contributed by atoms with Gasteiger partial charge in [0.1, 0.15) is 5.75 Å². The van der Waals surface area contributed by atoms with Gasteiger partial charge < -0.3 is 19.6 Å². The third kappa shape index (κ3) is 5.04. The first-order chi connectivity index (χ1) is 8.52. The van der Waals surface area contributed by atoms with E-state index in [0.29, 0.717) is 6.54 Å². The molecular formula is C14H24N2O2. The summed E-state index contributed by atoms with van der Waals surface area (Å²) in [6.45, 7) is 2.58. The van der Waals surface area contributed by atoms with E-state index in [4.69, 9.17) is 4.74 Å². The fraction of sp³-hybridized carbons (Fsp3) is 0.571. The molecule has 1 rings (SSSR count). The van der Waals surface area contributed by atoms with E-state index in [-0.39, 0.29) is 0 Å². The van der Waals surface area contributed by atoms with Crippen LogP contribution in [0.15, 0.2) is 24.3 Å². The Labute approximate surface area is 110 Å². The van der Waals surface area contributed by atoms with E-state index in [1.54, 1.807) is 7.11 Å². The second-order valence-electron chi connectivity index (χ2n) is 4.85. The standard InChI is InChI=1S/C14H24N2O2/c1-15(2)9-10-16(3)11-14(17)12-5-7-13(18-4)8-6-12/h5-8,14,17H,9-11H2,1-4H3. The smallest absolute Gasteiger partial charge is 0.118 e. The third-order valence-corrected chi connectivity index (χ3v) is 2.91. The average molecular weight is 252 g/mol. The van der Waals surface area contributed by atoms with Gasteiger partial charge in [0.05, 0.1) is 13.2 Å². The molecule has 0 amide bonds. The minimum atomic E-state index is -0.455. The number of hydrogen-bond acceptors (Lipinski definition) is 4. The molecule has 0 aromatic heterocycles. The second kappa shape index (κ2) is 7.36. The number of likely N-dealkylation sites (N-methyl/N-ethyl adjacent to an activating group) is 2. The van der Waals surface area contributed by atoms with Crippen molar-refractivity contribution in [2.75, 3.05) is 47.9 Å². The maximum Gasteiger partial charge on any atom is 0.118 e. The van der Waals surface area contributed by atoms with Gasteiger partial charge in [-0.25, -0.2) is 0 Å². The van der Waals surface area contributed by atoms with Gasteiger partial charge in [-0.05, 0) is 38.8 Å². The average Bonchev–Trinajstić information content (AvgIpc) is 2.36. The fourth-order valence-corrected chi connectivity index (χ4v) is 1.69. The topological polar surface area (TPSA) is 35.9 Å². The van der Waals surface area contributed by atoms with Crippen LogP contribution >= 0.6 is 0 Å². The minimum Gasteiger partial charge on any atom is -0.497 e. The molecule has 18 heavy (non-hydrogen) atoms. The summed E-state index contributed by atoms with van der Waals surface area (Å²) in [5.74, 6) is 0.812. The van der Waals surface area contributed by atoms with Crippen LogP contribution in [0.25, 0.3) is 0 Å². The predicted octanol–water partition coefficient (Wildman–Crippen LogP) is 1.22. The molecular weight excluding hydrogens is 228 g/mol. The molecule has 0 fully saturated rings. The summed E-state index contributed by atoms with van der Waals surface area (Å²) >= 11 is 0. The Morgan fingerprint density at radius 2 is 1.72 bits per heavy atom. The van der Waals surface area contributed by atoms with Crippen molar-refractivity contribution in [3.8, 4) is 5.75 Å². The molecule has 0 radical (unpaired) electrons. The van der Waals surface area contributed by atoms with E-state index in [2.05, 4.69) is 9.80 Å². The van der Waals surface area contributed by atoms with Crippen LogP contribution in [-0.2, 0) is 0 Å². The van der Waals surface area contributed by atoms with Crippen molar-refractivity contribution in [2.24, 2.45) is 0 Å². The number of rotatable bonds is 7. The first-order valence-corrected chi connectivity index (χ1v) is 6.18. The first kappa shape index (κ1) is 15.0. The van der Waals surface area contributed by atoms with Crippen LogP contribution in [0.4, 0.5) is 0 Å². The first-order valence-electron chi connectivity index (χ1n) is 6.18. The Bertz CT molecular complexity index is 338. The Morgan fingerprint density at radius 3 is 2.22 bits per heavy atom. The molecule has 0 heterocycles. The summed E-state index contributed by atoms with van der Waals surface area (Å²) in [4.78, 5) is 4.27. The molecule has 0 spiro atoms. The summed E-state index contributed by atoms with van der Waals surface area (Å²) in [6.07, 6.45) is -0.455. The van der Waals surface area contributed by atoms with Gasteiger partial charge in [0, 0.05) is 19.6 Å². The highest BCUT2D eigenvalue weighted by molar-refractivity contribution is 5.28. The zero-order valence-electron chi connectivity index (χ0n) is 11.8. The van der Waals surface area contributed by atoms with E-state index >= 15 is 0 Å². The lowest BCUT2D eigenvalue weighted by atomic mass is 10.1. The molecule has 0 aliphatic carbocycles. The zero-order valence-corrected chi connectivity index (χ0v) is 11.8. The highest BCUT2D eigenvalue weighted by atomic mass is 16.5. The van der Waals surface area contributed by atoms with Crippen molar-refractivity contribution in [1.29, 1.82) is 0 Å². The van der Waals surface area contributed by atoms with Crippen molar-refractivity contribution in [3.63, 3.8) is 0 Å². The van der Waals surface area contributed by atoms with Gasteiger partial charge in [-0.2, -0.15) is 0 Å². The van der Waals surface area contributed by atoms with Crippen LogP contribution in [0.1, 0.15) is 11.7 Å². The maximum atomic E-state index is 10.1. The molecule has 1 aromatic carbocycles. The number of methoxy groups -OCH3 is 1. The molecule has 4 heteroatoms. The Kier molecular flexibility index (Phi) is 6.12. The third-order valence-electron chi connectivity index (χ3n) is 2.91. The highest BCUT2D eigenvalue weighted by Gasteiger charge is 2.10. The zero-order chi connectivity index (χ0) is 13.5. The number of aliphatic hydroxyl groups excluding tert-OH is 1. The van der Waals surface area contributed by atoms with E-state index < -0.39 is 6.10 Å². The van der Waals surface area contributed by atoms with Gasteiger partial charge in [0.2, 0.25) is 0 Å². The van der Waals surface area contributed by atoms with Crippen LogP contribution in [-0.4, -0.2) is 62.8 Å². The molecule has 0 bridgehead atoms. The molecule has 4 nitrogen and oxygen atoms in total. The SMILES string of the molecule is COc1ccc(C(O)CN(C)CCN(C)C)cc1. The van der Waals surface area contributed by atoms with Crippen molar-refractivity contribution in [2.45, 2.75) is 6.10 Å². The molecule has 102 valence electrons. The Hall–Kier alpha value is -1.10. The summed E-state index contributed by atoms with van der Waals surface area (Å²) in [7, 11) is 7.76. The molecule has 0 saturated heterocycles. The summed E-state index contributed by atoms with van der Waals surface area (Å²) in [5, 5.41) is 10.1. The van der Waals surface area contributed by atoms with Gasteiger partial charge >= 0.3 is 0 Å². The van der Waals surface area contributed by atoms with Gasteiger partial charge in [0.25, 0.3) is 0 Å². The van der Waals surface area contributed by atoms with E-state index in [1.807, 2.05) is 45.4 Å². The fourth-order valence-electron chi connectivity index (χ4n) is 1.69. The predicted molar refractivity (Wildman–Crippen MR) is 74.0 cm³/mol. The highest BCUT2D eigenvalue weighted by Crippen LogP contribution is 2.18. The van der Waals surface area contributed by atoms with Crippen molar-refractivity contribution >= 4 is 0 Å². The lowest BCUT2D eigenvalue weighted by Gasteiger charge is -2.22. The van der Waals surface area contributed by atoms with Gasteiger partial charge in [-0.15, -0.1) is 0 Å². The molecule has 1 unspecified atom stereocenters. The van der Waals surface area contributed by atoms with Gasteiger partial charge in [0.15, 0.2) is 0 Å². The van der Waals surface area contributed by atoms with Crippen molar-refractivity contribution in [1.82, 2.24) is 9.80 Å². The number of ether oxygens (including phenoxy) is 1. The van der Waals surface area contributed by atoms with E-state index in [1.165, 1.54) is 0 Å². The molecule has 1 aromatic rings.